The van der Waals surface area contributed by atoms with Gasteiger partial charge in [-0.2, -0.15) is 0 Å². The number of benzene rings is 4. The highest BCUT2D eigenvalue weighted by atomic mass is 16.5. The van der Waals surface area contributed by atoms with Crippen molar-refractivity contribution in [2.45, 2.75) is 24.5 Å². The maximum Gasteiger partial charge on any atom is 0.130 e. The number of aliphatic hydroxyl groups is 1. The molecule has 4 heteroatoms. The number of hydrogen-bond acceptors (Lipinski definition) is 4. The van der Waals surface area contributed by atoms with Crippen molar-refractivity contribution < 1.29 is 14.6 Å². The topological polar surface area (TPSA) is 50.7 Å². The van der Waals surface area contributed by atoms with Crippen LogP contribution in [0.15, 0.2) is 109 Å². The minimum atomic E-state index is -1.16. The Labute approximate surface area is 194 Å². The van der Waals surface area contributed by atoms with Crippen LogP contribution in [0.4, 0.5) is 0 Å². The molecule has 4 nitrogen and oxygen atoms in total. The van der Waals surface area contributed by atoms with Crippen molar-refractivity contribution in [2.24, 2.45) is 0 Å². The molecule has 166 valence electrons. The van der Waals surface area contributed by atoms with E-state index in [9.17, 15) is 5.11 Å². The van der Waals surface area contributed by atoms with Crippen LogP contribution in [-0.4, -0.2) is 17.7 Å². The third-order valence-corrected chi connectivity index (χ3v) is 6.11. The molecule has 0 saturated carbocycles. The van der Waals surface area contributed by atoms with Crippen molar-refractivity contribution in [3.05, 3.63) is 120 Å². The van der Waals surface area contributed by atoms with Crippen molar-refractivity contribution in [1.82, 2.24) is 5.32 Å². The Hall–Kier alpha value is -3.60. The minimum absolute atomic E-state index is 0.0701. The summed E-state index contributed by atoms with van der Waals surface area (Å²) >= 11 is 0. The lowest BCUT2D eigenvalue weighted by Crippen LogP contribution is -2.46. The van der Waals surface area contributed by atoms with E-state index in [0.29, 0.717) is 0 Å². The first-order chi connectivity index (χ1) is 16.2. The van der Waals surface area contributed by atoms with Gasteiger partial charge in [0.05, 0.1) is 0 Å². The first-order valence-corrected chi connectivity index (χ1v) is 11.3. The number of hydrogen-bond donors (Lipinski definition) is 2. The van der Waals surface area contributed by atoms with Gasteiger partial charge in [-0.15, -0.1) is 0 Å². The van der Waals surface area contributed by atoms with Crippen LogP contribution in [0.5, 0.6) is 23.0 Å². The van der Waals surface area contributed by atoms with E-state index < -0.39 is 5.60 Å². The number of nitrogens with one attached hydrogen (secondary N) is 1. The van der Waals surface area contributed by atoms with Gasteiger partial charge in [0, 0.05) is 6.04 Å². The summed E-state index contributed by atoms with van der Waals surface area (Å²) in [4.78, 5) is 0. The van der Waals surface area contributed by atoms with Crippen LogP contribution in [0.25, 0.3) is 0 Å². The Morgan fingerprint density at radius 3 is 1.42 bits per heavy atom. The highest BCUT2D eigenvalue weighted by Gasteiger charge is 2.41. The molecule has 1 aliphatic heterocycles. The van der Waals surface area contributed by atoms with Gasteiger partial charge in [0.25, 0.3) is 0 Å². The van der Waals surface area contributed by atoms with Gasteiger partial charge >= 0.3 is 0 Å². The molecule has 1 heterocycles. The molecular formula is C29H27NO3. The van der Waals surface area contributed by atoms with Crippen molar-refractivity contribution in [3.63, 3.8) is 0 Å². The van der Waals surface area contributed by atoms with Gasteiger partial charge in [0.2, 0.25) is 0 Å². The zero-order valence-electron chi connectivity index (χ0n) is 18.4. The average molecular weight is 438 g/mol. The molecule has 4 aromatic carbocycles. The van der Waals surface area contributed by atoms with Crippen LogP contribution < -0.4 is 14.8 Å². The average Bonchev–Trinajstić information content (AvgIpc) is 3.42. The first kappa shape index (κ1) is 21.3. The van der Waals surface area contributed by atoms with E-state index in [-0.39, 0.29) is 6.04 Å². The smallest absolute Gasteiger partial charge is 0.130 e. The van der Waals surface area contributed by atoms with E-state index in [1.54, 1.807) is 0 Å². The van der Waals surface area contributed by atoms with Gasteiger partial charge in [-0.05, 0) is 79.0 Å². The second kappa shape index (κ2) is 9.49. The molecule has 0 amide bonds. The van der Waals surface area contributed by atoms with E-state index in [1.165, 1.54) is 0 Å². The van der Waals surface area contributed by atoms with Gasteiger partial charge < -0.3 is 19.9 Å². The molecule has 5 rings (SSSR count). The Balaban J connectivity index is 1.42. The summed E-state index contributed by atoms with van der Waals surface area (Å²) in [7, 11) is 0. The predicted molar refractivity (Wildman–Crippen MR) is 130 cm³/mol. The fraction of sp³-hybridized carbons (Fsp3) is 0.172. The molecule has 1 atom stereocenters. The summed E-state index contributed by atoms with van der Waals surface area (Å²) in [5.41, 5.74) is 0.505. The van der Waals surface area contributed by atoms with Gasteiger partial charge in [0.15, 0.2) is 0 Å². The normalized spacial score (nSPS) is 15.8. The molecular weight excluding hydrogens is 410 g/mol. The monoisotopic (exact) mass is 437 g/mol. The molecule has 33 heavy (non-hydrogen) atoms. The highest BCUT2D eigenvalue weighted by molar-refractivity contribution is 5.44. The molecule has 0 radical (unpaired) electrons. The number of para-hydroxylation sites is 2. The van der Waals surface area contributed by atoms with Crippen molar-refractivity contribution >= 4 is 0 Å². The van der Waals surface area contributed by atoms with Crippen molar-refractivity contribution in [1.29, 1.82) is 0 Å². The van der Waals surface area contributed by atoms with E-state index in [1.807, 2.05) is 109 Å². The fourth-order valence-corrected chi connectivity index (χ4v) is 4.41. The molecule has 1 fully saturated rings. The maximum absolute atomic E-state index is 12.1. The lowest BCUT2D eigenvalue weighted by Gasteiger charge is -2.35. The molecule has 2 N–H and O–H groups in total. The SMILES string of the molecule is OC(c1ccc(Oc2ccccc2)cc1)(c1ccc(Oc2ccccc2)cc1)[C@H]1CCCN1. The predicted octanol–water partition coefficient (Wildman–Crippen LogP) is 6.26. The summed E-state index contributed by atoms with van der Waals surface area (Å²) in [6, 6.07) is 34.8. The van der Waals surface area contributed by atoms with Crippen LogP contribution in [0.1, 0.15) is 24.0 Å². The van der Waals surface area contributed by atoms with Gasteiger partial charge in [-0.25, -0.2) is 0 Å². The fourth-order valence-electron chi connectivity index (χ4n) is 4.41. The summed E-state index contributed by atoms with van der Waals surface area (Å²) < 4.78 is 11.9. The molecule has 0 bridgehead atoms. The highest BCUT2D eigenvalue weighted by Crippen LogP contribution is 2.38. The molecule has 0 unspecified atom stereocenters. The largest absolute Gasteiger partial charge is 0.457 e. The van der Waals surface area contributed by atoms with Crippen LogP contribution in [0.2, 0.25) is 0 Å². The first-order valence-electron chi connectivity index (χ1n) is 11.3. The maximum atomic E-state index is 12.1. The molecule has 0 spiro atoms. The van der Waals surface area contributed by atoms with E-state index >= 15 is 0 Å². The third kappa shape index (κ3) is 4.63. The van der Waals surface area contributed by atoms with Crippen LogP contribution in [0, 0.1) is 0 Å². The van der Waals surface area contributed by atoms with E-state index in [4.69, 9.17) is 9.47 Å². The number of rotatable bonds is 7. The second-order valence-electron chi connectivity index (χ2n) is 8.29. The molecule has 0 aromatic heterocycles. The van der Waals surface area contributed by atoms with E-state index in [0.717, 1.165) is 53.5 Å². The molecule has 1 aliphatic rings. The second-order valence-corrected chi connectivity index (χ2v) is 8.29. The van der Waals surface area contributed by atoms with Crippen molar-refractivity contribution in [3.8, 4) is 23.0 Å². The van der Waals surface area contributed by atoms with Gasteiger partial charge in [-0.1, -0.05) is 60.7 Å². The quantitative estimate of drug-likeness (QED) is 0.358. The van der Waals surface area contributed by atoms with Gasteiger partial charge in [-0.3, -0.25) is 0 Å². The Bertz CT molecular complexity index is 1070. The Morgan fingerprint density at radius 1 is 0.606 bits per heavy atom. The minimum Gasteiger partial charge on any atom is -0.457 e. The summed E-state index contributed by atoms with van der Waals surface area (Å²) in [6.45, 7) is 0.900. The molecule has 0 aliphatic carbocycles. The Morgan fingerprint density at radius 2 is 1.03 bits per heavy atom. The zero-order valence-corrected chi connectivity index (χ0v) is 18.4. The van der Waals surface area contributed by atoms with Crippen LogP contribution >= 0.6 is 0 Å². The summed E-state index contributed by atoms with van der Waals surface area (Å²) in [6.07, 6.45) is 1.94. The number of ether oxygens (including phenoxy) is 2. The molecule has 1 saturated heterocycles. The van der Waals surface area contributed by atoms with Gasteiger partial charge in [0.1, 0.15) is 28.6 Å². The van der Waals surface area contributed by atoms with Crippen LogP contribution in [-0.2, 0) is 5.60 Å². The Kier molecular flexibility index (Phi) is 6.11. The summed E-state index contributed by atoms with van der Waals surface area (Å²) in [5, 5.41) is 15.6. The third-order valence-electron chi connectivity index (χ3n) is 6.11. The zero-order chi connectivity index (χ0) is 22.5. The van der Waals surface area contributed by atoms with Crippen molar-refractivity contribution in [2.75, 3.05) is 6.54 Å². The lowest BCUT2D eigenvalue weighted by molar-refractivity contribution is 0.0442. The molecule has 4 aromatic rings. The summed E-state index contributed by atoms with van der Waals surface area (Å²) in [5.74, 6) is 3.04. The van der Waals surface area contributed by atoms with E-state index in [2.05, 4.69) is 5.32 Å². The lowest BCUT2D eigenvalue weighted by atomic mass is 9.79. The van der Waals surface area contributed by atoms with Crippen LogP contribution in [0.3, 0.4) is 0 Å². The standard InChI is InChI=1S/C29H27NO3/c31-29(28-12-7-21-30-28,22-13-17-26(18-14-22)32-24-8-3-1-4-9-24)23-15-19-27(20-16-23)33-25-10-5-2-6-11-25/h1-6,8-11,13-20,28,30-31H,7,12,21H2/t28-/m1/s1.